The number of ether oxygens (including phenoxy) is 2. The Morgan fingerprint density at radius 2 is 1.82 bits per heavy atom. The molecule has 22 heavy (non-hydrogen) atoms. The quantitative estimate of drug-likeness (QED) is 0.867. The number of carboxylic acids is 1. The van der Waals surface area contributed by atoms with E-state index < -0.39 is 30.1 Å². The highest BCUT2D eigenvalue weighted by Gasteiger charge is 2.36. The van der Waals surface area contributed by atoms with E-state index in [2.05, 4.69) is 5.32 Å². The maximum absolute atomic E-state index is 12.3. The van der Waals surface area contributed by atoms with E-state index in [1.807, 2.05) is 19.9 Å². The third-order valence-electron chi connectivity index (χ3n) is 3.42. The molecule has 0 spiro atoms. The molecule has 3 atom stereocenters. The number of amides is 1. The third kappa shape index (κ3) is 3.69. The van der Waals surface area contributed by atoms with E-state index >= 15 is 0 Å². The average molecular weight is 307 g/mol. The number of carbonyl (C=O) groups excluding carboxylic acids is 1. The summed E-state index contributed by atoms with van der Waals surface area (Å²) in [5, 5.41) is 11.7. The van der Waals surface area contributed by atoms with Gasteiger partial charge in [0.1, 0.15) is 12.1 Å². The Balaban J connectivity index is 2.07. The van der Waals surface area contributed by atoms with E-state index in [0.717, 1.165) is 0 Å². The molecule has 0 bridgehead atoms. The van der Waals surface area contributed by atoms with Gasteiger partial charge in [0.05, 0.1) is 0 Å². The first-order chi connectivity index (χ1) is 10.4. The zero-order chi connectivity index (χ0) is 16.3. The van der Waals surface area contributed by atoms with Gasteiger partial charge in [0.15, 0.2) is 11.5 Å². The predicted molar refractivity (Wildman–Crippen MR) is 80.0 cm³/mol. The normalized spacial score (nSPS) is 21.3. The second-order valence-electron chi connectivity index (χ2n) is 5.84. The van der Waals surface area contributed by atoms with Crippen LogP contribution in [0.4, 0.5) is 0 Å². The lowest BCUT2D eigenvalue weighted by Gasteiger charge is -2.31. The molecule has 1 heterocycles. The van der Waals surface area contributed by atoms with Gasteiger partial charge in [0, 0.05) is 0 Å². The summed E-state index contributed by atoms with van der Waals surface area (Å²) in [6, 6.07) is 6.15. The molecule has 2 unspecified atom stereocenters. The van der Waals surface area contributed by atoms with Gasteiger partial charge in [0.2, 0.25) is 6.10 Å². The van der Waals surface area contributed by atoms with Gasteiger partial charge in [-0.15, -0.1) is 0 Å². The van der Waals surface area contributed by atoms with Crippen molar-refractivity contribution in [3.63, 3.8) is 0 Å². The van der Waals surface area contributed by atoms with Crippen molar-refractivity contribution in [3.8, 4) is 11.5 Å². The highest BCUT2D eigenvalue weighted by Crippen LogP contribution is 2.33. The van der Waals surface area contributed by atoms with Crippen LogP contribution in [-0.2, 0) is 9.59 Å². The first-order valence-corrected chi connectivity index (χ1v) is 7.34. The standard InChI is InChI=1S/C16H21NO5/c1-9(2)8-11(16(19)20)17-15(18)14-10(3)21-12-6-4-5-7-13(12)22-14/h4-7,9-11,14H,8H2,1-3H3,(H,17,18)(H,19,20)/t10?,11-,14?/m0/s1. The summed E-state index contributed by atoms with van der Waals surface area (Å²) in [6.07, 6.45) is -1.01. The molecule has 0 fully saturated rings. The second kappa shape index (κ2) is 6.68. The molecule has 1 aromatic carbocycles. The largest absolute Gasteiger partial charge is 0.482 e. The molecule has 1 aliphatic rings. The van der Waals surface area contributed by atoms with E-state index in [0.29, 0.717) is 17.9 Å². The fourth-order valence-electron chi connectivity index (χ4n) is 2.35. The molecule has 1 aliphatic heterocycles. The Labute approximate surface area is 129 Å². The summed E-state index contributed by atoms with van der Waals surface area (Å²) in [5.74, 6) is -0.308. The molecule has 2 rings (SSSR count). The first-order valence-electron chi connectivity index (χ1n) is 7.34. The Morgan fingerprint density at radius 1 is 1.23 bits per heavy atom. The van der Waals surface area contributed by atoms with Gasteiger partial charge in [-0.1, -0.05) is 26.0 Å². The van der Waals surface area contributed by atoms with Gasteiger partial charge in [-0.05, 0) is 31.4 Å². The maximum atomic E-state index is 12.3. The second-order valence-corrected chi connectivity index (χ2v) is 5.84. The van der Waals surface area contributed by atoms with E-state index in [-0.39, 0.29) is 5.92 Å². The fourth-order valence-corrected chi connectivity index (χ4v) is 2.35. The number of benzene rings is 1. The van der Waals surface area contributed by atoms with E-state index in [4.69, 9.17) is 9.47 Å². The van der Waals surface area contributed by atoms with Crippen LogP contribution in [0.2, 0.25) is 0 Å². The number of fused-ring (bicyclic) bond motifs is 1. The summed E-state index contributed by atoms with van der Waals surface area (Å²) in [5.41, 5.74) is 0. The van der Waals surface area contributed by atoms with Crippen molar-refractivity contribution in [2.24, 2.45) is 5.92 Å². The number of aliphatic carboxylic acids is 1. The molecule has 1 amide bonds. The molecule has 0 saturated carbocycles. The Hall–Kier alpha value is -2.24. The smallest absolute Gasteiger partial charge is 0.326 e. The van der Waals surface area contributed by atoms with Gasteiger partial charge in [-0.3, -0.25) is 4.79 Å². The number of carbonyl (C=O) groups is 2. The van der Waals surface area contributed by atoms with E-state index in [9.17, 15) is 14.7 Å². The van der Waals surface area contributed by atoms with Gasteiger partial charge in [0.25, 0.3) is 5.91 Å². The lowest BCUT2D eigenvalue weighted by molar-refractivity contribution is -0.145. The number of hydrogen-bond donors (Lipinski definition) is 2. The molecular weight excluding hydrogens is 286 g/mol. The number of hydrogen-bond acceptors (Lipinski definition) is 4. The van der Waals surface area contributed by atoms with Crippen LogP contribution in [0.15, 0.2) is 24.3 Å². The molecule has 0 aliphatic carbocycles. The highest BCUT2D eigenvalue weighted by atomic mass is 16.6. The van der Waals surface area contributed by atoms with Crippen molar-refractivity contribution in [1.82, 2.24) is 5.32 Å². The van der Waals surface area contributed by atoms with Crippen molar-refractivity contribution in [2.45, 2.75) is 45.4 Å². The minimum absolute atomic E-state index is 0.156. The number of rotatable bonds is 5. The molecule has 2 N–H and O–H groups in total. The highest BCUT2D eigenvalue weighted by molar-refractivity contribution is 5.87. The van der Waals surface area contributed by atoms with Gasteiger partial charge >= 0.3 is 5.97 Å². The first kappa shape index (κ1) is 16.1. The van der Waals surface area contributed by atoms with Crippen molar-refractivity contribution in [2.75, 3.05) is 0 Å². The number of para-hydroxylation sites is 2. The third-order valence-corrected chi connectivity index (χ3v) is 3.42. The summed E-state index contributed by atoms with van der Waals surface area (Å²) in [4.78, 5) is 23.6. The van der Waals surface area contributed by atoms with Crippen molar-refractivity contribution < 1.29 is 24.2 Å². The minimum Gasteiger partial charge on any atom is -0.482 e. The zero-order valence-electron chi connectivity index (χ0n) is 12.9. The van der Waals surface area contributed by atoms with Gasteiger partial charge in [-0.25, -0.2) is 4.79 Å². The molecule has 0 radical (unpaired) electrons. The topological polar surface area (TPSA) is 84.9 Å². The molecule has 6 heteroatoms. The summed E-state index contributed by atoms with van der Waals surface area (Å²) in [6.45, 7) is 5.53. The molecule has 120 valence electrons. The van der Waals surface area contributed by atoms with Crippen LogP contribution in [0.5, 0.6) is 11.5 Å². The molecular formula is C16H21NO5. The fraction of sp³-hybridized carbons (Fsp3) is 0.500. The van der Waals surface area contributed by atoms with Crippen LogP contribution < -0.4 is 14.8 Å². The SMILES string of the molecule is CC(C)C[C@H](NC(=O)C1Oc2ccccc2OC1C)C(=O)O. The Bertz CT molecular complexity index is 557. The molecule has 0 aromatic heterocycles. The zero-order valence-corrected chi connectivity index (χ0v) is 12.9. The van der Waals surface area contributed by atoms with Crippen LogP contribution in [0.3, 0.4) is 0 Å². The molecule has 0 saturated heterocycles. The minimum atomic E-state index is -1.05. The van der Waals surface area contributed by atoms with Crippen molar-refractivity contribution in [3.05, 3.63) is 24.3 Å². The Morgan fingerprint density at radius 3 is 2.36 bits per heavy atom. The van der Waals surface area contributed by atoms with Crippen molar-refractivity contribution in [1.29, 1.82) is 0 Å². The number of carboxylic acid groups (broad SMARTS) is 1. The maximum Gasteiger partial charge on any atom is 0.326 e. The molecule has 1 aromatic rings. The summed E-state index contributed by atoms with van der Waals surface area (Å²) >= 11 is 0. The van der Waals surface area contributed by atoms with E-state index in [1.54, 1.807) is 25.1 Å². The monoisotopic (exact) mass is 307 g/mol. The summed E-state index contributed by atoms with van der Waals surface area (Å²) < 4.78 is 11.3. The predicted octanol–water partition coefficient (Wildman–Crippen LogP) is 1.83. The molecule has 6 nitrogen and oxygen atoms in total. The Kier molecular flexibility index (Phi) is 4.90. The number of nitrogens with one attached hydrogen (secondary N) is 1. The van der Waals surface area contributed by atoms with Crippen LogP contribution >= 0.6 is 0 Å². The lowest BCUT2D eigenvalue weighted by atomic mass is 10.0. The van der Waals surface area contributed by atoms with Crippen LogP contribution in [-0.4, -0.2) is 35.2 Å². The van der Waals surface area contributed by atoms with Crippen LogP contribution in [0, 0.1) is 5.92 Å². The average Bonchev–Trinajstić information content (AvgIpc) is 2.45. The van der Waals surface area contributed by atoms with E-state index in [1.165, 1.54) is 0 Å². The lowest BCUT2D eigenvalue weighted by Crippen LogP contribution is -2.53. The van der Waals surface area contributed by atoms with Gasteiger partial charge in [-0.2, -0.15) is 0 Å². The van der Waals surface area contributed by atoms with Crippen molar-refractivity contribution >= 4 is 11.9 Å². The van der Waals surface area contributed by atoms with Gasteiger partial charge < -0.3 is 19.9 Å². The van der Waals surface area contributed by atoms with Crippen LogP contribution in [0.1, 0.15) is 27.2 Å². The summed E-state index contributed by atoms with van der Waals surface area (Å²) in [7, 11) is 0. The van der Waals surface area contributed by atoms with Crippen LogP contribution in [0.25, 0.3) is 0 Å².